The lowest BCUT2D eigenvalue weighted by molar-refractivity contribution is -0.383. The van der Waals surface area contributed by atoms with Crippen LogP contribution in [-0.4, -0.2) is 30.8 Å². The van der Waals surface area contributed by atoms with Crippen LogP contribution < -0.4 is 0 Å². The van der Waals surface area contributed by atoms with Gasteiger partial charge < -0.3 is 5.11 Å². The van der Waals surface area contributed by atoms with Crippen LogP contribution in [0.1, 0.15) is 10.4 Å². The first-order valence-corrected chi connectivity index (χ1v) is 5.87. The summed E-state index contributed by atoms with van der Waals surface area (Å²) in [5, 5.41) is 24.9. The second kappa shape index (κ2) is 4.67. The van der Waals surface area contributed by atoms with Gasteiger partial charge in [0.2, 0.25) is 0 Å². The quantitative estimate of drug-likeness (QED) is 0.581. The van der Waals surface area contributed by atoms with Crippen LogP contribution in [-0.2, 0) is 0 Å². The van der Waals surface area contributed by atoms with E-state index < -0.39 is 10.9 Å². The molecule has 3 aromatic rings. The fourth-order valence-corrected chi connectivity index (χ4v) is 2.08. The van der Waals surface area contributed by atoms with Gasteiger partial charge in [0.15, 0.2) is 0 Å². The molecule has 0 spiro atoms. The fourth-order valence-electron chi connectivity index (χ4n) is 2.08. The van der Waals surface area contributed by atoms with Crippen LogP contribution in [0, 0.1) is 10.1 Å². The van der Waals surface area contributed by atoms with Gasteiger partial charge in [-0.3, -0.25) is 15.1 Å². The highest BCUT2D eigenvalue weighted by atomic mass is 16.6. The first-order valence-electron chi connectivity index (χ1n) is 5.87. The molecule has 3 rings (SSSR count). The van der Waals surface area contributed by atoms with Gasteiger partial charge in [0.25, 0.3) is 5.69 Å². The largest absolute Gasteiger partial charge is 0.478 e. The molecule has 0 saturated carbocycles. The smallest absolute Gasteiger partial charge is 0.338 e. The van der Waals surface area contributed by atoms with E-state index in [-0.39, 0.29) is 11.3 Å². The van der Waals surface area contributed by atoms with Gasteiger partial charge in [0.1, 0.15) is 0 Å². The van der Waals surface area contributed by atoms with Crippen LogP contribution in [0.2, 0.25) is 0 Å². The van der Waals surface area contributed by atoms with Gasteiger partial charge in [0, 0.05) is 30.0 Å². The number of carboxylic acids is 1. The lowest BCUT2D eigenvalue weighted by Crippen LogP contribution is -1.99. The predicted molar refractivity (Wildman–Crippen MR) is 72.5 cm³/mol. The molecule has 0 fully saturated rings. The molecule has 0 atom stereocenters. The van der Waals surface area contributed by atoms with E-state index in [2.05, 4.69) is 10.1 Å². The third-order valence-electron chi connectivity index (χ3n) is 3.05. The number of aromatic carboxylic acids is 1. The standard InChI is InChI=1S/C13H8N4O4/c18-13(19)8-5-15-16(7-8)11-1-2-12(17(20)21)10-6-14-4-3-9(10)11/h1-7H,(H,18,19). The lowest BCUT2D eigenvalue weighted by atomic mass is 10.1. The zero-order chi connectivity index (χ0) is 15.0. The van der Waals surface area contributed by atoms with Crippen LogP contribution in [0.15, 0.2) is 43.0 Å². The van der Waals surface area contributed by atoms with Gasteiger partial charge >= 0.3 is 5.97 Å². The van der Waals surface area contributed by atoms with Crippen LogP contribution >= 0.6 is 0 Å². The highest BCUT2D eigenvalue weighted by Gasteiger charge is 2.16. The van der Waals surface area contributed by atoms with E-state index in [9.17, 15) is 14.9 Å². The van der Waals surface area contributed by atoms with Crippen molar-refractivity contribution in [2.24, 2.45) is 0 Å². The molecule has 0 radical (unpaired) electrons. The summed E-state index contributed by atoms with van der Waals surface area (Å²) in [5.74, 6) is -1.09. The molecule has 1 aromatic carbocycles. The number of hydrogen-bond acceptors (Lipinski definition) is 5. The van der Waals surface area contributed by atoms with Gasteiger partial charge in [-0.2, -0.15) is 5.10 Å². The number of hydrogen-bond donors (Lipinski definition) is 1. The molecule has 0 aliphatic heterocycles. The molecule has 21 heavy (non-hydrogen) atoms. The predicted octanol–water partition coefficient (Wildman–Crippen LogP) is 2.03. The van der Waals surface area contributed by atoms with Gasteiger partial charge in [-0.1, -0.05) is 0 Å². The zero-order valence-corrected chi connectivity index (χ0v) is 10.5. The molecular weight excluding hydrogens is 276 g/mol. The van der Waals surface area contributed by atoms with E-state index >= 15 is 0 Å². The molecule has 0 saturated heterocycles. The second-order valence-electron chi connectivity index (χ2n) is 4.26. The Labute approximate surface area is 117 Å². The number of nitro groups is 1. The molecule has 0 aliphatic carbocycles. The Hall–Kier alpha value is -3.29. The Kier molecular flexibility index (Phi) is 2.83. The molecular formula is C13H8N4O4. The Morgan fingerprint density at radius 3 is 2.71 bits per heavy atom. The number of aromatic nitrogens is 3. The van der Waals surface area contributed by atoms with Crippen LogP contribution in [0.4, 0.5) is 5.69 Å². The second-order valence-corrected chi connectivity index (χ2v) is 4.26. The minimum Gasteiger partial charge on any atom is -0.478 e. The maximum absolute atomic E-state index is 11.0. The minimum absolute atomic E-state index is 0.0376. The summed E-state index contributed by atoms with van der Waals surface area (Å²) in [6.07, 6.45) is 5.48. The number of fused-ring (bicyclic) bond motifs is 1. The maximum atomic E-state index is 11.0. The third-order valence-corrected chi connectivity index (χ3v) is 3.05. The van der Waals surface area contributed by atoms with Crippen LogP contribution in [0.25, 0.3) is 16.5 Å². The number of benzene rings is 1. The fraction of sp³-hybridized carbons (Fsp3) is 0. The number of nitro benzene ring substituents is 1. The number of pyridine rings is 1. The maximum Gasteiger partial charge on any atom is 0.338 e. The Morgan fingerprint density at radius 1 is 1.24 bits per heavy atom. The van der Waals surface area contributed by atoms with Gasteiger partial charge in [-0.15, -0.1) is 0 Å². The molecule has 1 N–H and O–H groups in total. The van der Waals surface area contributed by atoms with Crippen LogP contribution in [0.5, 0.6) is 0 Å². The molecule has 104 valence electrons. The van der Waals surface area contributed by atoms with Crippen molar-refractivity contribution in [2.45, 2.75) is 0 Å². The summed E-state index contributed by atoms with van der Waals surface area (Å²) in [6.45, 7) is 0. The average Bonchev–Trinajstić information content (AvgIpc) is 2.95. The summed E-state index contributed by atoms with van der Waals surface area (Å²) < 4.78 is 1.37. The van der Waals surface area contributed by atoms with Crippen molar-refractivity contribution in [2.75, 3.05) is 0 Å². The number of carboxylic acid groups (broad SMARTS) is 1. The zero-order valence-electron chi connectivity index (χ0n) is 10.5. The van der Waals surface area contributed by atoms with Crippen molar-refractivity contribution in [3.05, 3.63) is 58.7 Å². The minimum atomic E-state index is -1.09. The molecule has 8 heteroatoms. The van der Waals surface area contributed by atoms with Crippen molar-refractivity contribution >= 4 is 22.4 Å². The summed E-state index contributed by atoms with van der Waals surface area (Å²) in [7, 11) is 0. The molecule has 2 heterocycles. The molecule has 0 amide bonds. The molecule has 0 bridgehead atoms. The van der Waals surface area contributed by atoms with E-state index in [0.29, 0.717) is 16.5 Å². The van der Waals surface area contributed by atoms with Crippen molar-refractivity contribution in [1.29, 1.82) is 0 Å². The van der Waals surface area contributed by atoms with Crippen molar-refractivity contribution in [3.8, 4) is 5.69 Å². The topological polar surface area (TPSA) is 111 Å². The highest BCUT2D eigenvalue weighted by molar-refractivity contribution is 5.96. The normalized spacial score (nSPS) is 10.7. The molecule has 0 aliphatic rings. The first-order chi connectivity index (χ1) is 10.1. The summed E-state index contributed by atoms with van der Waals surface area (Å²) in [5.41, 5.74) is 0.522. The lowest BCUT2D eigenvalue weighted by Gasteiger charge is -2.06. The number of carbonyl (C=O) groups is 1. The van der Waals surface area contributed by atoms with Crippen molar-refractivity contribution in [1.82, 2.24) is 14.8 Å². The first kappa shape index (κ1) is 12.7. The van der Waals surface area contributed by atoms with E-state index in [4.69, 9.17) is 5.11 Å². The van der Waals surface area contributed by atoms with E-state index in [1.165, 1.54) is 41.6 Å². The summed E-state index contributed by atoms with van der Waals surface area (Å²) >= 11 is 0. The summed E-state index contributed by atoms with van der Waals surface area (Å²) in [6, 6.07) is 4.50. The van der Waals surface area contributed by atoms with E-state index in [0.717, 1.165) is 0 Å². The Balaban J connectivity index is 2.26. The van der Waals surface area contributed by atoms with Gasteiger partial charge in [0.05, 0.1) is 27.8 Å². The number of nitrogens with zero attached hydrogens (tertiary/aromatic N) is 4. The van der Waals surface area contributed by atoms with Crippen molar-refractivity contribution in [3.63, 3.8) is 0 Å². The SMILES string of the molecule is O=C(O)c1cnn(-c2ccc([N+](=O)[O-])c3cnccc23)c1. The van der Waals surface area contributed by atoms with E-state index in [1.54, 1.807) is 6.07 Å². The Morgan fingerprint density at radius 2 is 2.05 bits per heavy atom. The monoisotopic (exact) mass is 284 g/mol. The molecule has 2 aromatic heterocycles. The number of non-ortho nitro benzene ring substituents is 1. The number of rotatable bonds is 3. The van der Waals surface area contributed by atoms with Gasteiger partial charge in [-0.05, 0) is 12.1 Å². The van der Waals surface area contributed by atoms with E-state index in [1.807, 2.05) is 0 Å². The van der Waals surface area contributed by atoms with Crippen molar-refractivity contribution < 1.29 is 14.8 Å². The molecule has 8 nitrogen and oxygen atoms in total. The molecule has 0 unspecified atom stereocenters. The van der Waals surface area contributed by atoms with Gasteiger partial charge in [-0.25, -0.2) is 9.48 Å². The average molecular weight is 284 g/mol. The summed E-state index contributed by atoms with van der Waals surface area (Å²) in [4.78, 5) is 25.3. The van der Waals surface area contributed by atoms with Crippen LogP contribution in [0.3, 0.4) is 0 Å². The highest BCUT2D eigenvalue weighted by Crippen LogP contribution is 2.29. The Bertz CT molecular complexity index is 871. The third kappa shape index (κ3) is 2.08.